The topological polar surface area (TPSA) is 83.0 Å². The first kappa shape index (κ1) is 12.8. The van der Waals surface area contributed by atoms with Gasteiger partial charge in [0.05, 0.1) is 0 Å². The molecule has 0 fully saturated rings. The van der Waals surface area contributed by atoms with Crippen molar-refractivity contribution in [3.63, 3.8) is 0 Å². The van der Waals surface area contributed by atoms with Crippen LogP contribution in [-0.4, -0.2) is 20.9 Å². The quantitative estimate of drug-likeness (QED) is 0.646. The number of aryl methyl sites for hydroxylation is 1. The zero-order valence-corrected chi connectivity index (χ0v) is 10.3. The van der Waals surface area contributed by atoms with Crippen molar-refractivity contribution in [3.8, 4) is 5.75 Å². The zero-order valence-electron chi connectivity index (χ0n) is 10.3. The number of H-pyrrole nitrogens is 1. The van der Waals surface area contributed by atoms with E-state index in [9.17, 15) is 14.7 Å². The number of carbonyl (C=O) groups is 1. The molecule has 0 saturated carbocycles. The summed E-state index contributed by atoms with van der Waals surface area (Å²) >= 11 is 0. The molecule has 0 aliphatic carbocycles. The molecule has 19 heavy (non-hydrogen) atoms. The lowest BCUT2D eigenvalue weighted by molar-refractivity contribution is 0.104. The summed E-state index contributed by atoms with van der Waals surface area (Å²) in [5.41, 5.74) is 0.373. The van der Waals surface area contributed by atoms with Crippen LogP contribution in [-0.2, 0) is 0 Å². The number of aromatic hydroxyl groups is 1. The maximum atomic E-state index is 11.9. The summed E-state index contributed by atoms with van der Waals surface area (Å²) < 4.78 is 0. The zero-order chi connectivity index (χ0) is 13.8. The number of carbonyl (C=O) groups excluding carboxylic acids is 1. The number of pyridine rings is 2. The lowest BCUT2D eigenvalue weighted by Crippen LogP contribution is -2.17. The minimum absolute atomic E-state index is 0.259. The number of nitrogens with one attached hydrogen (secondary N) is 1. The number of hydrogen-bond acceptors (Lipinski definition) is 4. The van der Waals surface area contributed by atoms with Gasteiger partial charge in [0.1, 0.15) is 11.3 Å². The van der Waals surface area contributed by atoms with Gasteiger partial charge in [-0.3, -0.25) is 14.6 Å². The van der Waals surface area contributed by atoms with E-state index in [1.165, 1.54) is 18.2 Å². The molecule has 0 aliphatic rings. The van der Waals surface area contributed by atoms with Gasteiger partial charge in [-0.25, -0.2) is 0 Å². The molecule has 5 heteroatoms. The predicted octanol–water partition coefficient (Wildman–Crippen LogP) is 1.68. The van der Waals surface area contributed by atoms with E-state index in [4.69, 9.17) is 0 Å². The number of allylic oxidation sites excluding steroid dienone is 1. The number of rotatable bonds is 3. The van der Waals surface area contributed by atoms with Gasteiger partial charge < -0.3 is 10.1 Å². The van der Waals surface area contributed by atoms with Gasteiger partial charge >= 0.3 is 0 Å². The first-order valence-electron chi connectivity index (χ1n) is 5.63. The van der Waals surface area contributed by atoms with Crippen LogP contribution in [0.4, 0.5) is 0 Å². The van der Waals surface area contributed by atoms with Crippen molar-refractivity contribution < 1.29 is 9.90 Å². The Hall–Kier alpha value is -2.69. The number of ketones is 1. The van der Waals surface area contributed by atoms with E-state index in [2.05, 4.69) is 9.97 Å². The van der Waals surface area contributed by atoms with E-state index in [1.807, 2.05) is 0 Å². The van der Waals surface area contributed by atoms with E-state index in [1.54, 1.807) is 31.5 Å². The van der Waals surface area contributed by atoms with Gasteiger partial charge in [0.15, 0.2) is 5.78 Å². The Morgan fingerprint density at radius 3 is 2.89 bits per heavy atom. The molecule has 0 aromatic carbocycles. The molecular formula is C14H12N2O3. The first-order valence-corrected chi connectivity index (χ1v) is 5.63. The lowest BCUT2D eigenvalue weighted by Gasteiger charge is -2.01. The van der Waals surface area contributed by atoms with Gasteiger partial charge in [0, 0.05) is 18.1 Å². The molecule has 0 saturated heterocycles. The number of aromatic amines is 1. The van der Waals surface area contributed by atoms with Crippen LogP contribution >= 0.6 is 0 Å². The molecule has 2 heterocycles. The molecule has 2 rings (SSSR count). The molecule has 0 unspecified atom stereocenters. The van der Waals surface area contributed by atoms with Crippen LogP contribution < -0.4 is 5.56 Å². The van der Waals surface area contributed by atoms with Crippen LogP contribution in [0.25, 0.3) is 6.08 Å². The van der Waals surface area contributed by atoms with Crippen molar-refractivity contribution >= 4 is 11.9 Å². The Morgan fingerprint density at radius 1 is 1.47 bits per heavy atom. The second-order valence-electron chi connectivity index (χ2n) is 4.03. The highest BCUT2D eigenvalue weighted by molar-refractivity contribution is 6.08. The molecule has 0 spiro atoms. The Balaban J connectivity index is 2.31. The van der Waals surface area contributed by atoms with Crippen molar-refractivity contribution in [1.82, 2.24) is 9.97 Å². The van der Waals surface area contributed by atoms with Crippen molar-refractivity contribution in [2.75, 3.05) is 0 Å². The fraction of sp³-hybridized carbons (Fsp3) is 0.0714. The Kier molecular flexibility index (Phi) is 3.56. The summed E-state index contributed by atoms with van der Waals surface area (Å²) in [6, 6.07) is 4.85. The molecule has 96 valence electrons. The third kappa shape index (κ3) is 2.95. The molecule has 0 bridgehead atoms. The third-order valence-electron chi connectivity index (χ3n) is 2.51. The fourth-order valence-corrected chi connectivity index (χ4v) is 1.64. The molecule has 2 aromatic rings. The van der Waals surface area contributed by atoms with E-state index in [-0.39, 0.29) is 11.3 Å². The molecule has 5 nitrogen and oxygen atoms in total. The van der Waals surface area contributed by atoms with Gasteiger partial charge in [0.25, 0.3) is 5.56 Å². The second-order valence-corrected chi connectivity index (χ2v) is 4.03. The third-order valence-corrected chi connectivity index (χ3v) is 2.51. The summed E-state index contributed by atoms with van der Waals surface area (Å²) in [7, 11) is 0. The van der Waals surface area contributed by atoms with E-state index in [0.717, 1.165) is 5.56 Å². The molecular weight excluding hydrogens is 244 g/mol. The maximum absolute atomic E-state index is 11.9. The average molecular weight is 256 g/mol. The van der Waals surface area contributed by atoms with Crippen molar-refractivity contribution in [3.05, 3.63) is 63.8 Å². The molecule has 2 aromatic heterocycles. The summed E-state index contributed by atoms with van der Waals surface area (Å²) in [5, 5.41) is 9.65. The van der Waals surface area contributed by atoms with Gasteiger partial charge in [-0.15, -0.1) is 0 Å². The van der Waals surface area contributed by atoms with E-state index in [0.29, 0.717) is 5.69 Å². The van der Waals surface area contributed by atoms with Crippen molar-refractivity contribution in [2.45, 2.75) is 6.92 Å². The number of nitrogens with zero attached hydrogens (tertiary/aromatic N) is 1. The standard InChI is InChI=1S/C14H12N2O3/c1-9-7-12(18)13(14(19)16-9)11(17)5-4-10-3-2-6-15-8-10/h2-8H,1H3,(H2,16,18,19). The Labute approximate surface area is 109 Å². The molecule has 2 N–H and O–H groups in total. The molecule has 0 radical (unpaired) electrons. The molecule has 0 amide bonds. The first-order chi connectivity index (χ1) is 9.08. The van der Waals surface area contributed by atoms with Crippen molar-refractivity contribution in [1.29, 1.82) is 0 Å². The van der Waals surface area contributed by atoms with Crippen LogP contribution in [0.1, 0.15) is 21.6 Å². The van der Waals surface area contributed by atoms with Crippen molar-refractivity contribution in [2.24, 2.45) is 0 Å². The smallest absolute Gasteiger partial charge is 0.263 e. The maximum Gasteiger partial charge on any atom is 0.263 e. The summed E-state index contributed by atoms with van der Waals surface area (Å²) in [6.45, 7) is 1.63. The van der Waals surface area contributed by atoms with Crippen LogP contribution in [0.15, 0.2) is 41.5 Å². The van der Waals surface area contributed by atoms with Gasteiger partial charge in [-0.05, 0) is 36.8 Å². The minimum Gasteiger partial charge on any atom is -0.507 e. The molecule has 0 atom stereocenters. The number of hydrogen-bond donors (Lipinski definition) is 2. The van der Waals surface area contributed by atoms with Gasteiger partial charge in [0.2, 0.25) is 0 Å². The Bertz CT molecular complexity index is 688. The van der Waals surface area contributed by atoms with Crippen LogP contribution in [0, 0.1) is 6.92 Å². The second kappa shape index (κ2) is 5.30. The monoisotopic (exact) mass is 256 g/mol. The lowest BCUT2D eigenvalue weighted by atomic mass is 10.1. The summed E-state index contributed by atoms with van der Waals surface area (Å²) in [5.74, 6) is -0.871. The predicted molar refractivity (Wildman–Crippen MR) is 71.1 cm³/mol. The summed E-state index contributed by atoms with van der Waals surface area (Å²) in [6.07, 6.45) is 5.98. The highest BCUT2D eigenvalue weighted by atomic mass is 16.3. The fourth-order valence-electron chi connectivity index (χ4n) is 1.64. The Morgan fingerprint density at radius 2 is 2.26 bits per heavy atom. The van der Waals surface area contributed by atoms with Crippen LogP contribution in [0.2, 0.25) is 0 Å². The van der Waals surface area contributed by atoms with Gasteiger partial charge in [-0.1, -0.05) is 6.07 Å². The van der Waals surface area contributed by atoms with Crippen LogP contribution in [0.3, 0.4) is 0 Å². The normalized spacial score (nSPS) is 10.8. The number of aromatic nitrogens is 2. The van der Waals surface area contributed by atoms with Crippen LogP contribution in [0.5, 0.6) is 5.75 Å². The van der Waals surface area contributed by atoms with E-state index >= 15 is 0 Å². The summed E-state index contributed by atoms with van der Waals surface area (Å²) in [4.78, 5) is 29.9. The largest absolute Gasteiger partial charge is 0.507 e. The van der Waals surface area contributed by atoms with Gasteiger partial charge in [-0.2, -0.15) is 0 Å². The minimum atomic E-state index is -0.599. The SMILES string of the molecule is Cc1cc(O)c(C(=O)C=Cc2cccnc2)c(=O)[nH]1. The average Bonchev–Trinajstić information content (AvgIpc) is 2.36. The highest BCUT2D eigenvalue weighted by Crippen LogP contribution is 2.14. The van der Waals surface area contributed by atoms with E-state index < -0.39 is 11.3 Å². The molecule has 0 aliphatic heterocycles. The highest BCUT2D eigenvalue weighted by Gasteiger charge is 2.13.